The summed E-state index contributed by atoms with van der Waals surface area (Å²) in [6.45, 7) is 4.50. The molecule has 1 atom stereocenters. The molecule has 3 nitrogen and oxygen atoms in total. The molecule has 1 fully saturated rings. The Bertz CT molecular complexity index is 790. The first-order chi connectivity index (χ1) is 12.2. The molecule has 1 aliphatic heterocycles. The summed E-state index contributed by atoms with van der Waals surface area (Å²) in [5.41, 5.74) is 3.87. The molecule has 2 aliphatic rings. The van der Waals surface area contributed by atoms with Crippen molar-refractivity contribution in [2.24, 2.45) is 7.05 Å². The molecule has 0 spiro atoms. The van der Waals surface area contributed by atoms with Crippen LogP contribution in [-0.4, -0.2) is 17.1 Å². The Balaban J connectivity index is 1.67. The molecule has 4 rings (SSSR count). The van der Waals surface area contributed by atoms with E-state index in [4.69, 9.17) is 0 Å². The molecule has 0 radical (unpaired) electrons. The van der Waals surface area contributed by atoms with Crippen LogP contribution < -0.4 is 9.47 Å². The highest BCUT2D eigenvalue weighted by Crippen LogP contribution is 2.31. The Morgan fingerprint density at radius 3 is 2.48 bits per heavy atom. The summed E-state index contributed by atoms with van der Waals surface area (Å²) in [7, 11) is 2.18. The number of hydrogen-bond donors (Lipinski definition) is 0. The van der Waals surface area contributed by atoms with E-state index in [0.29, 0.717) is 12.2 Å². The number of hydrogen-bond acceptors (Lipinski definition) is 2. The van der Waals surface area contributed by atoms with E-state index in [1.165, 1.54) is 48.3 Å². The number of rotatable bonds is 3. The molecule has 2 heterocycles. The van der Waals surface area contributed by atoms with Crippen LogP contribution in [0.5, 0.6) is 0 Å². The minimum absolute atomic E-state index is 0.376. The summed E-state index contributed by atoms with van der Waals surface area (Å²) >= 11 is 0. The first-order valence-electron chi connectivity index (χ1n) is 9.46. The van der Waals surface area contributed by atoms with Crippen LogP contribution in [0.4, 0.5) is 5.82 Å². The van der Waals surface area contributed by atoms with Crippen LogP contribution in [-0.2, 0) is 7.05 Å². The fourth-order valence-electron chi connectivity index (χ4n) is 4.40. The number of aromatic nitrogens is 1. The van der Waals surface area contributed by atoms with Gasteiger partial charge >= 0.3 is 0 Å². The molecule has 1 saturated carbocycles. The monoisotopic (exact) mass is 334 g/mol. The van der Waals surface area contributed by atoms with Gasteiger partial charge < -0.3 is 4.90 Å². The van der Waals surface area contributed by atoms with Gasteiger partial charge in [-0.1, -0.05) is 37.1 Å². The van der Waals surface area contributed by atoms with Crippen molar-refractivity contribution in [2.75, 3.05) is 4.90 Å². The van der Waals surface area contributed by atoms with Gasteiger partial charge in [-0.15, -0.1) is 0 Å². The Kier molecular flexibility index (Phi) is 4.24. The van der Waals surface area contributed by atoms with Crippen molar-refractivity contribution in [3.05, 3.63) is 60.4 Å². The van der Waals surface area contributed by atoms with Crippen LogP contribution in [0.15, 0.2) is 54.9 Å². The van der Waals surface area contributed by atoms with Crippen molar-refractivity contribution in [1.29, 1.82) is 0 Å². The highest BCUT2D eigenvalue weighted by Gasteiger charge is 2.36. The van der Waals surface area contributed by atoms with Crippen LogP contribution in [0.1, 0.15) is 38.2 Å². The predicted molar refractivity (Wildman–Crippen MR) is 103 cm³/mol. The molecule has 1 aromatic carbocycles. The van der Waals surface area contributed by atoms with Gasteiger partial charge in [-0.25, -0.2) is 9.47 Å². The molecule has 2 aromatic rings. The maximum absolute atomic E-state index is 2.55. The molecular weight excluding hydrogens is 306 g/mol. The van der Waals surface area contributed by atoms with Gasteiger partial charge in [-0.2, -0.15) is 0 Å². The third-order valence-electron chi connectivity index (χ3n) is 5.87. The van der Waals surface area contributed by atoms with Gasteiger partial charge in [0, 0.05) is 23.9 Å². The second-order valence-corrected chi connectivity index (χ2v) is 7.37. The van der Waals surface area contributed by atoms with E-state index in [9.17, 15) is 0 Å². The summed E-state index contributed by atoms with van der Waals surface area (Å²) < 4.78 is 2.32. The van der Waals surface area contributed by atoms with Gasteiger partial charge in [0.25, 0.3) is 5.82 Å². The minimum atomic E-state index is 0.376. The van der Waals surface area contributed by atoms with Gasteiger partial charge in [0.05, 0.1) is 7.05 Å². The molecule has 3 heteroatoms. The first-order valence-corrected chi connectivity index (χ1v) is 9.46. The zero-order chi connectivity index (χ0) is 17.4. The molecule has 0 amide bonds. The molecule has 0 unspecified atom stereocenters. The van der Waals surface area contributed by atoms with Gasteiger partial charge in [0.1, 0.15) is 11.9 Å². The van der Waals surface area contributed by atoms with Crippen LogP contribution >= 0.6 is 0 Å². The van der Waals surface area contributed by atoms with Crippen LogP contribution in [0.3, 0.4) is 0 Å². The molecule has 0 N–H and O–H groups in total. The summed E-state index contributed by atoms with van der Waals surface area (Å²) in [6, 6.07) is 15.9. The van der Waals surface area contributed by atoms with Gasteiger partial charge in [0.2, 0.25) is 0 Å². The molecular formula is C22H28N3+. The lowest BCUT2D eigenvalue weighted by Crippen LogP contribution is -2.46. The van der Waals surface area contributed by atoms with E-state index in [2.05, 4.69) is 90.1 Å². The summed E-state index contributed by atoms with van der Waals surface area (Å²) in [4.78, 5) is 4.95. The third-order valence-corrected chi connectivity index (χ3v) is 5.87. The van der Waals surface area contributed by atoms with E-state index in [0.717, 1.165) is 0 Å². The Morgan fingerprint density at radius 1 is 0.960 bits per heavy atom. The number of aryl methyl sites for hydroxylation is 1. The average Bonchev–Trinajstić information content (AvgIpc) is 3.26. The second-order valence-electron chi connectivity index (χ2n) is 7.37. The molecule has 1 aliphatic carbocycles. The van der Waals surface area contributed by atoms with E-state index < -0.39 is 0 Å². The summed E-state index contributed by atoms with van der Waals surface area (Å²) in [6.07, 6.45) is 10.3. The lowest BCUT2D eigenvalue weighted by Gasteiger charge is -2.30. The minimum Gasteiger partial charge on any atom is -0.333 e. The fraction of sp³-hybridized carbons (Fsp3) is 0.409. The van der Waals surface area contributed by atoms with E-state index in [1.54, 1.807) is 0 Å². The zero-order valence-corrected chi connectivity index (χ0v) is 15.5. The van der Waals surface area contributed by atoms with Crippen molar-refractivity contribution in [1.82, 2.24) is 4.90 Å². The van der Waals surface area contributed by atoms with Crippen molar-refractivity contribution < 1.29 is 4.57 Å². The number of nitrogens with zero attached hydrogens (tertiary/aromatic N) is 3. The summed E-state index contributed by atoms with van der Waals surface area (Å²) in [5, 5.41) is 0. The highest BCUT2D eigenvalue weighted by molar-refractivity contribution is 5.61. The predicted octanol–water partition coefficient (Wildman–Crippen LogP) is 4.37. The smallest absolute Gasteiger partial charge is 0.283 e. The van der Waals surface area contributed by atoms with Crippen LogP contribution in [0.25, 0.3) is 11.3 Å². The second kappa shape index (κ2) is 6.55. The van der Waals surface area contributed by atoms with Gasteiger partial charge in [-0.05, 0) is 44.4 Å². The quantitative estimate of drug-likeness (QED) is 0.772. The zero-order valence-electron chi connectivity index (χ0n) is 15.5. The lowest BCUT2D eigenvalue weighted by atomic mass is 10.0. The van der Waals surface area contributed by atoms with Crippen molar-refractivity contribution in [3.63, 3.8) is 0 Å². The van der Waals surface area contributed by atoms with Crippen LogP contribution in [0.2, 0.25) is 0 Å². The van der Waals surface area contributed by atoms with E-state index >= 15 is 0 Å². The molecule has 25 heavy (non-hydrogen) atoms. The van der Waals surface area contributed by atoms with E-state index in [1.807, 2.05) is 0 Å². The highest BCUT2D eigenvalue weighted by atomic mass is 15.4. The topological polar surface area (TPSA) is 10.4 Å². The van der Waals surface area contributed by atoms with Crippen molar-refractivity contribution >= 4 is 5.82 Å². The average molecular weight is 334 g/mol. The van der Waals surface area contributed by atoms with Gasteiger partial charge in [0.15, 0.2) is 6.17 Å². The van der Waals surface area contributed by atoms with Crippen LogP contribution in [0, 0.1) is 6.92 Å². The van der Waals surface area contributed by atoms with Crippen molar-refractivity contribution in [2.45, 2.75) is 51.7 Å². The largest absolute Gasteiger partial charge is 0.333 e. The summed E-state index contributed by atoms with van der Waals surface area (Å²) in [5.74, 6) is 1.24. The fourth-order valence-corrected chi connectivity index (χ4v) is 4.40. The standard InChI is InChI=1S/C22H28N3/c1-17-9-4-7-12-20(17)21-13-8-14-22(23(21)3)25-16-15-24(18(25)2)19-10-5-6-11-19/h4,7-9,12-16,18-19H,5-6,10-11H2,1-3H3/q+1/t18-/m0/s1. The molecule has 1 aromatic heterocycles. The molecule has 0 bridgehead atoms. The Labute approximate surface area is 151 Å². The maximum Gasteiger partial charge on any atom is 0.283 e. The van der Waals surface area contributed by atoms with Gasteiger partial charge in [-0.3, -0.25) is 0 Å². The number of anilines is 1. The van der Waals surface area contributed by atoms with Crippen molar-refractivity contribution in [3.8, 4) is 11.3 Å². The SMILES string of the molecule is Cc1ccccc1-c1cccc(N2C=CN(C3CCCC3)[C@@H]2C)[n+]1C. The maximum atomic E-state index is 2.55. The Hall–Kier alpha value is -2.29. The Morgan fingerprint density at radius 2 is 1.72 bits per heavy atom. The normalized spacial score (nSPS) is 20.7. The number of benzene rings is 1. The third kappa shape index (κ3) is 2.82. The first kappa shape index (κ1) is 16.2. The van der Waals surface area contributed by atoms with E-state index in [-0.39, 0.29) is 0 Å². The molecule has 0 saturated heterocycles. The lowest BCUT2D eigenvalue weighted by molar-refractivity contribution is -0.647. The number of pyridine rings is 1. The molecule has 130 valence electrons.